The van der Waals surface area contributed by atoms with Gasteiger partial charge in [-0.25, -0.2) is 12.8 Å². The molecule has 1 aromatic carbocycles. The molecule has 1 aromatic rings. The standard InChI is InChI=1S/C8H7BrFNO4S/c9-6-2-1-5(3-7(6)10)11-16(14,15)4-8(12)13/h1-3,11H,4H2,(H,12,13). The minimum atomic E-state index is -4.00. The molecule has 1 rings (SSSR count). The lowest BCUT2D eigenvalue weighted by atomic mass is 10.3. The molecule has 0 saturated heterocycles. The van der Waals surface area contributed by atoms with Crippen molar-refractivity contribution >= 4 is 37.6 Å². The van der Waals surface area contributed by atoms with E-state index in [0.29, 0.717) is 0 Å². The summed E-state index contributed by atoms with van der Waals surface area (Å²) in [5.74, 6) is -3.19. The quantitative estimate of drug-likeness (QED) is 0.880. The summed E-state index contributed by atoms with van der Waals surface area (Å²) in [5.41, 5.74) is -0.0260. The molecule has 0 radical (unpaired) electrons. The molecule has 16 heavy (non-hydrogen) atoms. The lowest BCUT2D eigenvalue weighted by Crippen LogP contribution is -2.22. The van der Waals surface area contributed by atoms with Crippen molar-refractivity contribution in [2.24, 2.45) is 0 Å². The Morgan fingerprint density at radius 3 is 2.62 bits per heavy atom. The van der Waals surface area contributed by atoms with Crippen LogP contribution in [0.15, 0.2) is 22.7 Å². The van der Waals surface area contributed by atoms with Gasteiger partial charge in [0.15, 0.2) is 5.75 Å². The Kier molecular flexibility index (Phi) is 3.87. The summed E-state index contributed by atoms with van der Waals surface area (Å²) in [6, 6.07) is 3.57. The fourth-order valence-electron chi connectivity index (χ4n) is 0.938. The highest BCUT2D eigenvalue weighted by Crippen LogP contribution is 2.19. The van der Waals surface area contributed by atoms with Crippen LogP contribution in [0.2, 0.25) is 0 Å². The zero-order valence-corrected chi connectivity index (χ0v) is 10.2. The SMILES string of the molecule is O=C(O)CS(=O)(=O)Nc1ccc(Br)c(F)c1. The summed E-state index contributed by atoms with van der Waals surface area (Å²) >= 11 is 2.90. The van der Waals surface area contributed by atoms with Crippen molar-refractivity contribution in [3.05, 3.63) is 28.5 Å². The number of aliphatic carboxylic acids is 1. The number of nitrogens with one attached hydrogen (secondary N) is 1. The number of hydrogen-bond acceptors (Lipinski definition) is 3. The summed E-state index contributed by atoms with van der Waals surface area (Å²) < 4.78 is 37.5. The van der Waals surface area contributed by atoms with E-state index >= 15 is 0 Å². The van der Waals surface area contributed by atoms with E-state index in [9.17, 15) is 17.6 Å². The third-order valence-electron chi connectivity index (χ3n) is 1.51. The van der Waals surface area contributed by atoms with Crippen LogP contribution in [0.4, 0.5) is 10.1 Å². The van der Waals surface area contributed by atoms with Gasteiger partial charge >= 0.3 is 5.97 Å². The summed E-state index contributed by atoms with van der Waals surface area (Å²) in [6.07, 6.45) is 0. The maximum absolute atomic E-state index is 13.0. The highest BCUT2D eigenvalue weighted by Gasteiger charge is 2.15. The molecule has 88 valence electrons. The number of sulfonamides is 1. The zero-order valence-electron chi connectivity index (χ0n) is 7.78. The van der Waals surface area contributed by atoms with Crippen LogP contribution in [0.5, 0.6) is 0 Å². The molecule has 0 saturated carbocycles. The molecule has 2 N–H and O–H groups in total. The van der Waals surface area contributed by atoms with Crippen LogP contribution in [-0.2, 0) is 14.8 Å². The van der Waals surface area contributed by atoms with Crippen molar-refractivity contribution in [1.82, 2.24) is 0 Å². The number of hydrogen-bond donors (Lipinski definition) is 2. The van der Waals surface area contributed by atoms with Gasteiger partial charge < -0.3 is 5.11 Å². The van der Waals surface area contributed by atoms with E-state index in [0.717, 1.165) is 6.07 Å². The van der Waals surface area contributed by atoms with E-state index in [4.69, 9.17) is 5.11 Å². The first-order valence-electron chi connectivity index (χ1n) is 3.97. The number of carbonyl (C=O) groups is 1. The smallest absolute Gasteiger partial charge is 0.320 e. The van der Waals surface area contributed by atoms with Gasteiger partial charge in [0.25, 0.3) is 0 Å². The van der Waals surface area contributed by atoms with Gasteiger partial charge in [-0.15, -0.1) is 0 Å². The van der Waals surface area contributed by atoms with Crippen LogP contribution >= 0.6 is 15.9 Å². The molecular weight excluding hydrogens is 305 g/mol. The lowest BCUT2D eigenvalue weighted by molar-refractivity contribution is -0.134. The Bertz CT molecular complexity index is 517. The number of anilines is 1. The Morgan fingerprint density at radius 1 is 1.50 bits per heavy atom. The molecule has 0 amide bonds. The Morgan fingerprint density at radius 2 is 2.12 bits per heavy atom. The van der Waals surface area contributed by atoms with E-state index in [2.05, 4.69) is 15.9 Å². The molecule has 0 heterocycles. The highest BCUT2D eigenvalue weighted by atomic mass is 79.9. The summed E-state index contributed by atoms with van der Waals surface area (Å²) in [7, 11) is -4.00. The van der Waals surface area contributed by atoms with Gasteiger partial charge in [0.05, 0.1) is 10.2 Å². The molecule has 0 aliphatic heterocycles. The van der Waals surface area contributed by atoms with E-state index in [-0.39, 0.29) is 10.2 Å². The maximum atomic E-state index is 13.0. The third kappa shape index (κ3) is 3.78. The summed E-state index contributed by atoms with van der Waals surface area (Å²) in [6.45, 7) is 0. The largest absolute Gasteiger partial charge is 0.480 e. The first-order chi connectivity index (χ1) is 7.30. The third-order valence-corrected chi connectivity index (χ3v) is 3.32. The second-order valence-corrected chi connectivity index (χ2v) is 5.46. The van der Waals surface area contributed by atoms with Crippen molar-refractivity contribution in [2.45, 2.75) is 0 Å². The van der Waals surface area contributed by atoms with Gasteiger partial charge in [0, 0.05) is 0 Å². The molecule has 0 unspecified atom stereocenters. The second-order valence-electron chi connectivity index (χ2n) is 2.88. The van der Waals surface area contributed by atoms with Gasteiger partial charge in [0.2, 0.25) is 10.0 Å². The van der Waals surface area contributed by atoms with Crippen LogP contribution in [0.1, 0.15) is 0 Å². The van der Waals surface area contributed by atoms with Crippen LogP contribution in [0.25, 0.3) is 0 Å². The number of rotatable bonds is 4. The lowest BCUT2D eigenvalue weighted by Gasteiger charge is -2.06. The molecule has 0 atom stereocenters. The van der Waals surface area contributed by atoms with Crippen LogP contribution in [0.3, 0.4) is 0 Å². The minimum Gasteiger partial charge on any atom is -0.480 e. The van der Waals surface area contributed by atoms with Gasteiger partial charge in [-0.2, -0.15) is 0 Å². The number of carboxylic acid groups (broad SMARTS) is 1. The Balaban J connectivity index is 2.88. The number of halogens is 2. The molecular formula is C8H7BrFNO4S. The molecule has 8 heteroatoms. The van der Waals surface area contributed by atoms with E-state index < -0.39 is 27.6 Å². The first kappa shape index (κ1) is 12.9. The Hall–Kier alpha value is -1.15. The van der Waals surface area contributed by atoms with Crippen molar-refractivity contribution in [3.63, 3.8) is 0 Å². The zero-order chi connectivity index (χ0) is 12.3. The predicted octanol–water partition coefficient (Wildman–Crippen LogP) is 1.41. The topological polar surface area (TPSA) is 83.5 Å². The maximum Gasteiger partial charge on any atom is 0.320 e. The van der Waals surface area contributed by atoms with Gasteiger partial charge in [-0.05, 0) is 34.1 Å². The van der Waals surface area contributed by atoms with E-state index in [1.165, 1.54) is 12.1 Å². The number of benzene rings is 1. The predicted molar refractivity (Wildman–Crippen MR) is 59.1 cm³/mol. The van der Waals surface area contributed by atoms with Crippen molar-refractivity contribution in [3.8, 4) is 0 Å². The van der Waals surface area contributed by atoms with Crippen LogP contribution in [-0.4, -0.2) is 25.2 Å². The average molecular weight is 312 g/mol. The molecule has 5 nitrogen and oxygen atoms in total. The van der Waals surface area contributed by atoms with Gasteiger partial charge in [-0.3, -0.25) is 9.52 Å². The van der Waals surface area contributed by atoms with Crippen molar-refractivity contribution in [1.29, 1.82) is 0 Å². The summed E-state index contributed by atoms with van der Waals surface area (Å²) in [5, 5.41) is 8.33. The number of carboxylic acids is 1. The summed E-state index contributed by atoms with van der Waals surface area (Å²) in [4.78, 5) is 10.2. The van der Waals surface area contributed by atoms with E-state index in [1.807, 2.05) is 4.72 Å². The van der Waals surface area contributed by atoms with Crippen LogP contribution < -0.4 is 4.72 Å². The molecule has 0 fully saturated rings. The van der Waals surface area contributed by atoms with Gasteiger partial charge in [-0.1, -0.05) is 0 Å². The van der Waals surface area contributed by atoms with Crippen LogP contribution in [0, 0.1) is 5.82 Å². The molecule has 0 bridgehead atoms. The first-order valence-corrected chi connectivity index (χ1v) is 6.42. The van der Waals surface area contributed by atoms with Crippen molar-refractivity contribution in [2.75, 3.05) is 10.5 Å². The van der Waals surface area contributed by atoms with Gasteiger partial charge in [0.1, 0.15) is 5.82 Å². The monoisotopic (exact) mass is 311 g/mol. The average Bonchev–Trinajstić information content (AvgIpc) is 2.08. The molecule has 0 aliphatic rings. The minimum absolute atomic E-state index is 0.0260. The molecule has 0 spiro atoms. The fourth-order valence-corrected chi connectivity index (χ4v) is 2.07. The fraction of sp³-hybridized carbons (Fsp3) is 0.125. The molecule has 0 aromatic heterocycles. The van der Waals surface area contributed by atoms with Crippen molar-refractivity contribution < 1.29 is 22.7 Å². The Labute approximate surface area is 99.5 Å². The molecule has 0 aliphatic carbocycles. The second kappa shape index (κ2) is 4.79. The highest BCUT2D eigenvalue weighted by molar-refractivity contribution is 9.10. The normalized spacial score (nSPS) is 11.1. The van der Waals surface area contributed by atoms with E-state index in [1.54, 1.807) is 0 Å².